The number of rotatable bonds is 2. The summed E-state index contributed by atoms with van der Waals surface area (Å²) in [4.78, 5) is 10.9. The van der Waals surface area contributed by atoms with Crippen LogP contribution in [-0.4, -0.2) is 11.1 Å². The summed E-state index contributed by atoms with van der Waals surface area (Å²) >= 11 is 0. The molecule has 0 aliphatic heterocycles. The van der Waals surface area contributed by atoms with Gasteiger partial charge in [-0.1, -0.05) is 57.7 Å². The SMILES string of the molecule is CC1(C)CCC(C)(C)c2c(CC#Cc3ccc(C(=O)O)cc3)cccc21. The fourth-order valence-electron chi connectivity index (χ4n) is 3.93. The maximum Gasteiger partial charge on any atom is 0.335 e. The minimum absolute atomic E-state index is 0.173. The smallest absolute Gasteiger partial charge is 0.335 e. The van der Waals surface area contributed by atoms with Crippen LogP contribution >= 0.6 is 0 Å². The molecule has 0 amide bonds. The van der Waals surface area contributed by atoms with Crippen LogP contribution in [0.1, 0.15) is 73.1 Å². The lowest BCUT2D eigenvalue weighted by Crippen LogP contribution is -2.34. The van der Waals surface area contributed by atoms with E-state index < -0.39 is 5.97 Å². The highest BCUT2D eigenvalue weighted by molar-refractivity contribution is 5.87. The third kappa shape index (κ3) is 3.53. The fourth-order valence-corrected chi connectivity index (χ4v) is 3.93. The first kappa shape index (κ1) is 18.3. The largest absolute Gasteiger partial charge is 0.478 e. The second-order valence-corrected chi connectivity index (χ2v) is 8.47. The van der Waals surface area contributed by atoms with Crippen LogP contribution in [0.4, 0.5) is 0 Å². The highest BCUT2D eigenvalue weighted by Crippen LogP contribution is 2.47. The first-order valence-corrected chi connectivity index (χ1v) is 9.16. The first-order chi connectivity index (χ1) is 12.2. The van der Waals surface area contributed by atoms with Gasteiger partial charge in [-0.05, 0) is 64.6 Å². The molecule has 0 atom stereocenters. The summed E-state index contributed by atoms with van der Waals surface area (Å²) in [6.07, 6.45) is 3.11. The Bertz CT molecular complexity index is 890. The molecule has 26 heavy (non-hydrogen) atoms. The van der Waals surface area contributed by atoms with E-state index in [4.69, 9.17) is 5.11 Å². The van der Waals surface area contributed by atoms with Crippen molar-refractivity contribution < 1.29 is 9.90 Å². The summed E-state index contributed by atoms with van der Waals surface area (Å²) in [5, 5.41) is 8.97. The molecule has 0 aromatic heterocycles. The summed E-state index contributed by atoms with van der Waals surface area (Å²) in [5.41, 5.74) is 5.75. The average Bonchev–Trinajstić information content (AvgIpc) is 2.59. The molecule has 0 radical (unpaired) electrons. The second kappa shape index (κ2) is 6.65. The van der Waals surface area contributed by atoms with E-state index in [9.17, 15) is 4.79 Å². The molecule has 0 unspecified atom stereocenters. The Kier molecular flexibility index (Phi) is 4.67. The van der Waals surface area contributed by atoms with Gasteiger partial charge < -0.3 is 5.11 Å². The van der Waals surface area contributed by atoms with Crippen molar-refractivity contribution in [3.05, 3.63) is 70.3 Å². The van der Waals surface area contributed by atoms with Crippen molar-refractivity contribution in [3.8, 4) is 11.8 Å². The van der Waals surface area contributed by atoms with Crippen LogP contribution in [0.15, 0.2) is 42.5 Å². The van der Waals surface area contributed by atoms with Crippen LogP contribution in [0, 0.1) is 11.8 Å². The Balaban J connectivity index is 1.90. The van der Waals surface area contributed by atoms with Gasteiger partial charge in [-0.2, -0.15) is 0 Å². The summed E-state index contributed by atoms with van der Waals surface area (Å²) in [7, 11) is 0. The van der Waals surface area contributed by atoms with Gasteiger partial charge in [-0.25, -0.2) is 4.79 Å². The van der Waals surface area contributed by atoms with Crippen LogP contribution in [-0.2, 0) is 17.3 Å². The molecule has 0 spiro atoms. The molecular weight excluding hydrogens is 320 g/mol. The molecule has 1 N–H and O–H groups in total. The highest BCUT2D eigenvalue weighted by atomic mass is 16.4. The quantitative estimate of drug-likeness (QED) is 0.747. The molecule has 1 aliphatic carbocycles. The Morgan fingerprint density at radius 2 is 1.65 bits per heavy atom. The van der Waals surface area contributed by atoms with Gasteiger partial charge in [0.15, 0.2) is 0 Å². The monoisotopic (exact) mass is 346 g/mol. The highest BCUT2D eigenvalue weighted by Gasteiger charge is 2.38. The standard InChI is InChI=1S/C24H26O2/c1-23(2)15-16-24(3,4)21-18(9-6-10-20(21)23)8-5-7-17-11-13-19(14-12-17)22(25)26/h6,9-14H,8,15-16H2,1-4H3,(H,25,26). The Hall–Kier alpha value is -2.53. The molecule has 0 saturated heterocycles. The van der Waals surface area contributed by atoms with Crippen molar-refractivity contribution in [3.63, 3.8) is 0 Å². The molecule has 2 heteroatoms. The number of carboxylic acid groups (broad SMARTS) is 1. The molecule has 2 aromatic rings. The van der Waals surface area contributed by atoms with Crippen LogP contribution < -0.4 is 0 Å². The Morgan fingerprint density at radius 3 is 2.31 bits per heavy atom. The van der Waals surface area contributed by atoms with Crippen LogP contribution in [0.2, 0.25) is 0 Å². The molecule has 2 aromatic carbocycles. The number of hydrogen-bond donors (Lipinski definition) is 1. The lowest BCUT2D eigenvalue weighted by molar-refractivity contribution is 0.0697. The van der Waals surface area contributed by atoms with E-state index in [2.05, 4.69) is 57.7 Å². The summed E-state index contributed by atoms with van der Waals surface area (Å²) in [5.74, 6) is 5.54. The Morgan fingerprint density at radius 1 is 1.00 bits per heavy atom. The van der Waals surface area contributed by atoms with Crippen LogP contribution in [0.5, 0.6) is 0 Å². The van der Waals surface area contributed by atoms with Crippen molar-refractivity contribution in [2.75, 3.05) is 0 Å². The minimum Gasteiger partial charge on any atom is -0.478 e. The number of carbonyl (C=O) groups is 1. The normalized spacial score (nSPS) is 16.9. The van der Waals surface area contributed by atoms with E-state index in [1.54, 1.807) is 24.3 Å². The van der Waals surface area contributed by atoms with Gasteiger partial charge in [-0.3, -0.25) is 0 Å². The van der Waals surface area contributed by atoms with Crippen molar-refractivity contribution >= 4 is 5.97 Å². The van der Waals surface area contributed by atoms with E-state index in [-0.39, 0.29) is 16.4 Å². The molecule has 0 fully saturated rings. The predicted molar refractivity (Wildman–Crippen MR) is 106 cm³/mol. The topological polar surface area (TPSA) is 37.3 Å². The second-order valence-electron chi connectivity index (χ2n) is 8.47. The number of carboxylic acids is 1. The van der Waals surface area contributed by atoms with Gasteiger partial charge in [0.2, 0.25) is 0 Å². The molecular formula is C24H26O2. The molecule has 0 saturated carbocycles. The van der Waals surface area contributed by atoms with E-state index >= 15 is 0 Å². The van der Waals surface area contributed by atoms with Gasteiger partial charge in [0.25, 0.3) is 0 Å². The first-order valence-electron chi connectivity index (χ1n) is 9.16. The maximum atomic E-state index is 10.9. The Labute approximate surface area is 156 Å². The van der Waals surface area contributed by atoms with Gasteiger partial charge in [0.1, 0.15) is 0 Å². The summed E-state index contributed by atoms with van der Waals surface area (Å²) in [6.45, 7) is 9.34. The van der Waals surface area contributed by atoms with E-state index in [0.717, 1.165) is 5.56 Å². The van der Waals surface area contributed by atoms with Gasteiger partial charge in [0.05, 0.1) is 5.56 Å². The zero-order valence-electron chi connectivity index (χ0n) is 16.0. The maximum absolute atomic E-state index is 10.9. The number of hydrogen-bond acceptors (Lipinski definition) is 1. The average molecular weight is 346 g/mol. The van der Waals surface area contributed by atoms with E-state index in [0.29, 0.717) is 6.42 Å². The summed E-state index contributed by atoms with van der Waals surface area (Å²) < 4.78 is 0. The lowest BCUT2D eigenvalue weighted by atomic mass is 9.62. The molecule has 0 heterocycles. The molecule has 2 nitrogen and oxygen atoms in total. The fraction of sp³-hybridized carbons (Fsp3) is 0.375. The van der Waals surface area contributed by atoms with Crippen molar-refractivity contribution in [2.45, 2.75) is 57.8 Å². The number of fused-ring (bicyclic) bond motifs is 1. The van der Waals surface area contributed by atoms with Crippen LogP contribution in [0.25, 0.3) is 0 Å². The predicted octanol–water partition coefficient (Wildman–Crippen LogP) is 5.33. The van der Waals surface area contributed by atoms with Gasteiger partial charge >= 0.3 is 5.97 Å². The van der Waals surface area contributed by atoms with Crippen molar-refractivity contribution in [1.82, 2.24) is 0 Å². The number of aromatic carboxylic acids is 1. The van der Waals surface area contributed by atoms with Crippen LogP contribution in [0.3, 0.4) is 0 Å². The molecule has 3 rings (SSSR count). The lowest BCUT2D eigenvalue weighted by Gasteiger charge is -2.43. The third-order valence-corrected chi connectivity index (χ3v) is 5.58. The van der Waals surface area contributed by atoms with Gasteiger partial charge in [-0.15, -0.1) is 0 Å². The zero-order valence-corrected chi connectivity index (χ0v) is 16.0. The molecule has 134 valence electrons. The van der Waals surface area contributed by atoms with Crippen molar-refractivity contribution in [1.29, 1.82) is 0 Å². The van der Waals surface area contributed by atoms with E-state index in [1.807, 2.05) is 0 Å². The molecule has 1 aliphatic rings. The summed E-state index contributed by atoms with van der Waals surface area (Å²) in [6, 6.07) is 13.4. The van der Waals surface area contributed by atoms with Crippen molar-refractivity contribution in [2.24, 2.45) is 0 Å². The van der Waals surface area contributed by atoms with Gasteiger partial charge in [0, 0.05) is 12.0 Å². The van der Waals surface area contributed by atoms with E-state index in [1.165, 1.54) is 29.5 Å². The number of benzene rings is 2. The third-order valence-electron chi connectivity index (χ3n) is 5.58. The minimum atomic E-state index is -0.912. The zero-order chi connectivity index (χ0) is 18.9. The molecule has 0 bridgehead atoms.